The summed E-state index contributed by atoms with van der Waals surface area (Å²) in [5.74, 6) is 0.875. The molecule has 0 aliphatic carbocycles. The van der Waals surface area contributed by atoms with Gasteiger partial charge < -0.3 is 4.98 Å². The van der Waals surface area contributed by atoms with Gasteiger partial charge in [0.1, 0.15) is 5.82 Å². The second-order valence-corrected chi connectivity index (χ2v) is 8.47. The Balaban J connectivity index is 2.09. The molecule has 0 aliphatic heterocycles. The SMILES string of the molecule is C[C@@H](NS(=O)C(C)(C)C)c1ccc(-c2ncc[nH]2)s1. The van der Waals surface area contributed by atoms with Gasteiger partial charge in [-0.15, -0.1) is 11.3 Å². The summed E-state index contributed by atoms with van der Waals surface area (Å²) in [6.07, 6.45) is 3.55. The molecule has 19 heavy (non-hydrogen) atoms. The van der Waals surface area contributed by atoms with Gasteiger partial charge in [0.05, 0.1) is 26.7 Å². The van der Waals surface area contributed by atoms with Crippen LogP contribution in [0.25, 0.3) is 10.7 Å². The zero-order valence-electron chi connectivity index (χ0n) is 11.6. The number of hydrogen-bond donors (Lipinski definition) is 2. The standard InChI is InChI=1S/C13H19N3OS2/c1-9(16-19(17)13(2,3)4)10-5-6-11(18-10)12-14-7-8-15-12/h5-9,16H,1-4H3,(H,14,15)/t9-,19?/m1/s1. The third-order valence-electron chi connectivity index (χ3n) is 2.63. The van der Waals surface area contributed by atoms with Crippen molar-refractivity contribution in [3.05, 3.63) is 29.4 Å². The number of aromatic nitrogens is 2. The normalized spacial score (nSPS) is 15.4. The Kier molecular flexibility index (Phi) is 4.23. The molecule has 0 spiro atoms. The molecule has 2 rings (SSSR count). The van der Waals surface area contributed by atoms with E-state index in [1.807, 2.05) is 40.0 Å². The minimum Gasteiger partial charge on any atom is -0.344 e. The topological polar surface area (TPSA) is 57.8 Å². The number of H-pyrrole nitrogens is 1. The highest BCUT2D eigenvalue weighted by Crippen LogP contribution is 2.29. The zero-order valence-corrected chi connectivity index (χ0v) is 13.2. The van der Waals surface area contributed by atoms with Gasteiger partial charge in [-0.25, -0.2) is 13.9 Å². The molecule has 104 valence electrons. The second kappa shape index (κ2) is 5.56. The first kappa shape index (κ1) is 14.4. The van der Waals surface area contributed by atoms with Gasteiger partial charge in [-0.3, -0.25) is 0 Å². The third kappa shape index (κ3) is 3.52. The lowest BCUT2D eigenvalue weighted by Gasteiger charge is -2.21. The Hall–Kier alpha value is -0.980. The first-order valence-corrected chi connectivity index (χ1v) is 8.12. The van der Waals surface area contributed by atoms with Crippen LogP contribution in [0.15, 0.2) is 24.5 Å². The number of aromatic amines is 1. The molecule has 0 amide bonds. The molecule has 0 radical (unpaired) electrons. The van der Waals surface area contributed by atoms with E-state index in [4.69, 9.17) is 0 Å². The average molecular weight is 297 g/mol. The Morgan fingerprint density at radius 2 is 2.16 bits per heavy atom. The first-order chi connectivity index (χ1) is 8.88. The van der Waals surface area contributed by atoms with Crippen molar-refractivity contribution in [1.82, 2.24) is 14.7 Å². The quantitative estimate of drug-likeness (QED) is 0.910. The lowest BCUT2D eigenvalue weighted by atomic mass is 10.3. The van der Waals surface area contributed by atoms with Gasteiger partial charge in [0.15, 0.2) is 0 Å². The average Bonchev–Trinajstić information content (AvgIpc) is 2.98. The van der Waals surface area contributed by atoms with Gasteiger partial charge >= 0.3 is 0 Å². The van der Waals surface area contributed by atoms with E-state index in [0.717, 1.165) is 15.6 Å². The van der Waals surface area contributed by atoms with E-state index >= 15 is 0 Å². The Labute approximate surface area is 120 Å². The van der Waals surface area contributed by atoms with Crippen molar-refractivity contribution in [3.63, 3.8) is 0 Å². The minimum absolute atomic E-state index is 0.0637. The summed E-state index contributed by atoms with van der Waals surface area (Å²) in [5.41, 5.74) is 0. The summed E-state index contributed by atoms with van der Waals surface area (Å²) in [6, 6.07) is 4.16. The molecule has 2 heterocycles. The number of imidazole rings is 1. The van der Waals surface area contributed by atoms with Crippen LogP contribution >= 0.6 is 11.3 Å². The van der Waals surface area contributed by atoms with Gasteiger partial charge in [-0.1, -0.05) is 0 Å². The molecular formula is C13H19N3OS2. The van der Waals surface area contributed by atoms with Crippen LogP contribution in [0.2, 0.25) is 0 Å². The Bertz CT molecular complexity index is 555. The number of rotatable bonds is 4. The molecule has 0 bridgehead atoms. The minimum atomic E-state index is -1.06. The second-order valence-electron chi connectivity index (χ2n) is 5.36. The lowest BCUT2D eigenvalue weighted by Crippen LogP contribution is -2.34. The molecule has 0 saturated heterocycles. The molecule has 2 N–H and O–H groups in total. The van der Waals surface area contributed by atoms with Crippen LogP contribution in [0.5, 0.6) is 0 Å². The van der Waals surface area contributed by atoms with Gasteiger partial charge in [0, 0.05) is 17.3 Å². The molecule has 0 fully saturated rings. The molecule has 2 atom stereocenters. The molecule has 0 aliphatic rings. The van der Waals surface area contributed by atoms with Crippen LogP contribution in [0.3, 0.4) is 0 Å². The fourth-order valence-electron chi connectivity index (χ4n) is 1.51. The van der Waals surface area contributed by atoms with Crippen LogP contribution in [0, 0.1) is 0 Å². The van der Waals surface area contributed by atoms with Crippen molar-refractivity contribution in [3.8, 4) is 10.7 Å². The van der Waals surface area contributed by atoms with E-state index < -0.39 is 11.0 Å². The van der Waals surface area contributed by atoms with Crippen LogP contribution in [0.1, 0.15) is 38.6 Å². The van der Waals surface area contributed by atoms with Gasteiger partial charge in [0.25, 0.3) is 0 Å². The highest BCUT2D eigenvalue weighted by Gasteiger charge is 2.22. The summed E-state index contributed by atoms with van der Waals surface area (Å²) in [4.78, 5) is 9.57. The van der Waals surface area contributed by atoms with Gasteiger partial charge in [-0.05, 0) is 39.8 Å². The van der Waals surface area contributed by atoms with Crippen molar-refractivity contribution in [2.24, 2.45) is 0 Å². The monoisotopic (exact) mass is 297 g/mol. The molecule has 6 heteroatoms. The summed E-state index contributed by atoms with van der Waals surface area (Å²) >= 11 is 1.66. The number of nitrogens with zero attached hydrogens (tertiary/aromatic N) is 1. The predicted molar refractivity (Wildman–Crippen MR) is 81.3 cm³/mol. The van der Waals surface area contributed by atoms with Crippen molar-refractivity contribution < 1.29 is 4.21 Å². The van der Waals surface area contributed by atoms with Crippen LogP contribution < -0.4 is 4.72 Å². The van der Waals surface area contributed by atoms with E-state index in [1.54, 1.807) is 17.5 Å². The van der Waals surface area contributed by atoms with Gasteiger partial charge in [0.2, 0.25) is 0 Å². The van der Waals surface area contributed by atoms with E-state index in [1.165, 1.54) is 0 Å². The fourth-order valence-corrected chi connectivity index (χ4v) is 3.35. The number of thiophene rings is 1. The Morgan fingerprint density at radius 3 is 2.74 bits per heavy atom. The van der Waals surface area contributed by atoms with Crippen molar-refractivity contribution in [2.75, 3.05) is 0 Å². The summed E-state index contributed by atoms with van der Waals surface area (Å²) < 4.78 is 15.0. The third-order valence-corrected chi connectivity index (χ3v) is 5.58. The highest BCUT2D eigenvalue weighted by molar-refractivity contribution is 7.84. The number of nitrogens with one attached hydrogen (secondary N) is 2. The summed E-state index contributed by atoms with van der Waals surface area (Å²) in [6.45, 7) is 7.92. The van der Waals surface area contributed by atoms with E-state index in [-0.39, 0.29) is 10.8 Å². The maximum atomic E-state index is 12.1. The highest BCUT2D eigenvalue weighted by atomic mass is 32.2. The van der Waals surface area contributed by atoms with Crippen LogP contribution in [-0.2, 0) is 11.0 Å². The van der Waals surface area contributed by atoms with Crippen LogP contribution in [-0.4, -0.2) is 18.9 Å². The predicted octanol–water partition coefficient (Wildman–Crippen LogP) is 3.25. The molecule has 0 aromatic carbocycles. The maximum absolute atomic E-state index is 12.1. The van der Waals surface area contributed by atoms with E-state index in [9.17, 15) is 4.21 Å². The molecule has 0 saturated carbocycles. The molecule has 2 aromatic heterocycles. The lowest BCUT2D eigenvalue weighted by molar-refractivity contribution is 0.618. The summed E-state index contributed by atoms with van der Waals surface area (Å²) in [5, 5.41) is 0. The maximum Gasteiger partial charge on any atom is 0.147 e. The van der Waals surface area contributed by atoms with E-state index in [0.29, 0.717) is 0 Å². The molecule has 1 unspecified atom stereocenters. The van der Waals surface area contributed by atoms with Crippen molar-refractivity contribution in [1.29, 1.82) is 0 Å². The molecule has 2 aromatic rings. The molecular weight excluding hydrogens is 278 g/mol. The van der Waals surface area contributed by atoms with Crippen molar-refractivity contribution in [2.45, 2.75) is 38.5 Å². The fraction of sp³-hybridized carbons (Fsp3) is 0.462. The van der Waals surface area contributed by atoms with Crippen molar-refractivity contribution >= 4 is 22.3 Å². The first-order valence-electron chi connectivity index (χ1n) is 6.15. The smallest absolute Gasteiger partial charge is 0.147 e. The summed E-state index contributed by atoms with van der Waals surface area (Å²) in [7, 11) is -1.06. The largest absolute Gasteiger partial charge is 0.344 e. The molecule has 4 nitrogen and oxygen atoms in total. The Morgan fingerprint density at radius 1 is 1.42 bits per heavy atom. The van der Waals surface area contributed by atoms with E-state index in [2.05, 4.69) is 20.8 Å². The van der Waals surface area contributed by atoms with Gasteiger partial charge in [-0.2, -0.15) is 0 Å². The van der Waals surface area contributed by atoms with Crippen LogP contribution in [0.4, 0.5) is 0 Å². The zero-order chi connectivity index (χ0) is 14.0. The number of hydrogen-bond acceptors (Lipinski definition) is 3.